The number of aliphatic hydroxyl groups excluding tert-OH is 1. The van der Waals surface area contributed by atoms with E-state index >= 15 is 0 Å². The molecule has 0 amide bonds. The van der Waals surface area contributed by atoms with Crippen LogP contribution in [0.25, 0.3) is 0 Å². The van der Waals surface area contributed by atoms with Gasteiger partial charge in [0.15, 0.2) is 0 Å². The van der Waals surface area contributed by atoms with E-state index in [0.717, 1.165) is 12.2 Å². The fourth-order valence-corrected chi connectivity index (χ4v) is 1.59. The summed E-state index contributed by atoms with van der Waals surface area (Å²) in [6.45, 7) is 8.74. The Hall–Kier alpha value is -1.02. The lowest BCUT2D eigenvalue weighted by Gasteiger charge is -2.22. The first-order valence-corrected chi connectivity index (χ1v) is 5.74. The topological polar surface area (TPSA) is 29.5 Å². The van der Waals surface area contributed by atoms with Gasteiger partial charge >= 0.3 is 0 Å². The first-order chi connectivity index (χ1) is 7.37. The number of rotatable bonds is 4. The van der Waals surface area contributed by atoms with Crippen LogP contribution in [-0.4, -0.2) is 17.8 Å². The highest BCUT2D eigenvalue weighted by atomic mass is 16.5. The van der Waals surface area contributed by atoms with Gasteiger partial charge in [-0.25, -0.2) is 0 Å². The molecule has 0 saturated carbocycles. The van der Waals surface area contributed by atoms with Crippen LogP contribution in [-0.2, 0) is 0 Å². The summed E-state index contributed by atoms with van der Waals surface area (Å²) in [6.07, 6.45) is 0.347. The summed E-state index contributed by atoms with van der Waals surface area (Å²) >= 11 is 0. The Morgan fingerprint density at radius 2 is 1.75 bits per heavy atom. The Morgan fingerprint density at radius 3 is 2.25 bits per heavy atom. The third-order valence-corrected chi connectivity index (χ3v) is 2.31. The third-order valence-electron chi connectivity index (χ3n) is 2.31. The fourth-order valence-electron chi connectivity index (χ4n) is 1.59. The number of hydrogen-bond acceptors (Lipinski definition) is 2. The number of hydrogen-bond donors (Lipinski definition) is 1. The number of aryl methyl sites for hydroxylation is 1. The van der Waals surface area contributed by atoms with Crippen LogP contribution in [0.15, 0.2) is 24.3 Å². The standard InChI is InChI=1S/C14H22O2/c1-11-5-7-13(8-6-11)16-10-12(15)9-14(2,3)4/h5-8,12,15H,9-10H2,1-4H3. The van der Waals surface area contributed by atoms with E-state index in [2.05, 4.69) is 20.8 Å². The molecule has 1 N–H and O–H groups in total. The Labute approximate surface area is 98.3 Å². The fraction of sp³-hybridized carbons (Fsp3) is 0.571. The van der Waals surface area contributed by atoms with Crippen molar-refractivity contribution in [2.75, 3.05) is 6.61 Å². The van der Waals surface area contributed by atoms with Gasteiger partial charge in [0.1, 0.15) is 12.4 Å². The monoisotopic (exact) mass is 222 g/mol. The normalized spacial score (nSPS) is 13.6. The van der Waals surface area contributed by atoms with E-state index in [4.69, 9.17) is 4.74 Å². The lowest BCUT2D eigenvalue weighted by Crippen LogP contribution is -2.23. The summed E-state index contributed by atoms with van der Waals surface area (Å²) < 4.78 is 5.52. The van der Waals surface area contributed by atoms with E-state index < -0.39 is 6.10 Å². The van der Waals surface area contributed by atoms with Crippen LogP contribution in [0, 0.1) is 12.3 Å². The zero-order chi connectivity index (χ0) is 12.2. The summed E-state index contributed by atoms with van der Waals surface area (Å²) in [7, 11) is 0. The second-order valence-corrected chi connectivity index (χ2v) is 5.54. The van der Waals surface area contributed by atoms with Gasteiger partial charge in [0.25, 0.3) is 0 Å². The van der Waals surface area contributed by atoms with Gasteiger partial charge in [-0.15, -0.1) is 0 Å². The van der Waals surface area contributed by atoms with E-state index in [0.29, 0.717) is 6.61 Å². The minimum Gasteiger partial charge on any atom is -0.491 e. The number of benzene rings is 1. The van der Waals surface area contributed by atoms with Crippen LogP contribution >= 0.6 is 0 Å². The van der Waals surface area contributed by atoms with Crippen LogP contribution in [0.1, 0.15) is 32.8 Å². The average Bonchev–Trinajstić information content (AvgIpc) is 2.14. The van der Waals surface area contributed by atoms with E-state index in [1.807, 2.05) is 31.2 Å². The maximum atomic E-state index is 9.78. The third kappa shape index (κ3) is 5.17. The molecule has 1 aromatic carbocycles. The van der Waals surface area contributed by atoms with Crippen molar-refractivity contribution in [1.82, 2.24) is 0 Å². The van der Waals surface area contributed by atoms with Crippen molar-refractivity contribution < 1.29 is 9.84 Å². The molecule has 0 heterocycles. The maximum Gasteiger partial charge on any atom is 0.119 e. The van der Waals surface area contributed by atoms with Crippen molar-refractivity contribution in [3.05, 3.63) is 29.8 Å². The van der Waals surface area contributed by atoms with E-state index in [-0.39, 0.29) is 5.41 Å². The molecule has 0 radical (unpaired) electrons. The average molecular weight is 222 g/mol. The second kappa shape index (κ2) is 5.35. The Bertz CT molecular complexity index is 309. The molecule has 90 valence electrons. The molecule has 0 spiro atoms. The molecule has 0 aliphatic rings. The molecule has 0 aromatic heterocycles. The second-order valence-electron chi connectivity index (χ2n) is 5.54. The Kier molecular flexibility index (Phi) is 4.36. The van der Waals surface area contributed by atoms with Crippen LogP contribution in [0.4, 0.5) is 0 Å². The van der Waals surface area contributed by atoms with Crippen LogP contribution in [0.2, 0.25) is 0 Å². The van der Waals surface area contributed by atoms with Gasteiger partial charge in [-0.3, -0.25) is 0 Å². The quantitative estimate of drug-likeness (QED) is 0.848. The molecule has 0 aliphatic heterocycles. The van der Waals surface area contributed by atoms with E-state index in [1.165, 1.54) is 5.56 Å². The van der Waals surface area contributed by atoms with Gasteiger partial charge < -0.3 is 9.84 Å². The summed E-state index contributed by atoms with van der Waals surface area (Å²) in [6, 6.07) is 7.87. The van der Waals surface area contributed by atoms with Gasteiger partial charge in [-0.1, -0.05) is 38.5 Å². The van der Waals surface area contributed by atoms with Crippen molar-refractivity contribution in [2.24, 2.45) is 5.41 Å². The molecule has 0 fully saturated rings. The van der Waals surface area contributed by atoms with Crippen molar-refractivity contribution in [1.29, 1.82) is 0 Å². The summed E-state index contributed by atoms with van der Waals surface area (Å²) in [5.41, 5.74) is 1.35. The zero-order valence-corrected chi connectivity index (χ0v) is 10.7. The molecule has 1 unspecified atom stereocenters. The highest BCUT2D eigenvalue weighted by Crippen LogP contribution is 2.21. The Morgan fingerprint density at radius 1 is 1.19 bits per heavy atom. The van der Waals surface area contributed by atoms with Crippen LogP contribution in [0.5, 0.6) is 5.75 Å². The number of ether oxygens (including phenoxy) is 1. The van der Waals surface area contributed by atoms with Crippen LogP contribution < -0.4 is 4.74 Å². The van der Waals surface area contributed by atoms with Crippen molar-refractivity contribution in [2.45, 2.75) is 40.2 Å². The molecular weight excluding hydrogens is 200 g/mol. The van der Waals surface area contributed by atoms with Gasteiger partial charge in [0.05, 0.1) is 6.10 Å². The molecule has 16 heavy (non-hydrogen) atoms. The van der Waals surface area contributed by atoms with E-state index in [1.54, 1.807) is 0 Å². The van der Waals surface area contributed by atoms with Gasteiger partial charge in [0.2, 0.25) is 0 Å². The molecule has 0 aliphatic carbocycles. The molecule has 0 saturated heterocycles. The SMILES string of the molecule is Cc1ccc(OCC(O)CC(C)(C)C)cc1. The molecule has 2 nitrogen and oxygen atoms in total. The molecule has 1 aromatic rings. The largest absolute Gasteiger partial charge is 0.491 e. The predicted octanol–water partition coefficient (Wildman–Crippen LogP) is 3.17. The lowest BCUT2D eigenvalue weighted by atomic mass is 9.89. The van der Waals surface area contributed by atoms with Crippen molar-refractivity contribution >= 4 is 0 Å². The smallest absolute Gasteiger partial charge is 0.119 e. The molecule has 1 rings (SSSR count). The highest BCUT2D eigenvalue weighted by molar-refractivity contribution is 5.26. The van der Waals surface area contributed by atoms with Crippen molar-refractivity contribution in [3.63, 3.8) is 0 Å². The predicted molar refractivity (Wildman–Crippen MR) is 66.8 cm³/mol. The highest BCUT2D eigenvalue weighted by Gasteiger charge is 2.16. The van der Waals surface area contributed by atoms with Crippen LogP contribution in [0.3, 0.4) is 0 Å². The molecule has 2 heteroatoms. The summed E-state index contributed by atoms with van der Waals surface area (Å²) in [5.74, 6) is 0.818. The van der Waals surface area contributed by atoms with Gasteiger partial charge in [0, 0.05) is 0 Å². The molecule has 1 atom stereocenters. The molecule has 0 bridgehead atoms. The lowest BCUT2D eigenvalue weighted by molar-refractivity contribution is 0.0710. The number of aliphatic hydroxyl groups is 1. The minimum atomic E-state index is -0.402. The van der Waals surface area contributed by atoms with E-state index in [9.17, 15) is 5.11 Å². The first-order valence-electron chi connectivity index (χ1n) is 5.74. The Balaban J connectivity index is 2.37. The zero-order valence-electron chi connectivity index (χ0n) is 10.7. The molecular formula is C14H22O2. The van der Waals surface area contributed by atoms with Gasteiger partial charge in [-0.2, -0.15) is 0 Å². The first kappa shape index (κ1) is 13.0. The summed E-state index contributed by atoms with van der Waals surface area (Å²) in [4.78, 5) is 0. The maximum absolute atomic E-state index is 9.78. The summed E-state index contributed by atoms with van der Waals surface area (Å²) in [5, 5.41) is 9.78. The minimum absolute atomic E-state index is 0.135. The van der Waals surface area contributed by atoms with Gasteiger partial charge in [-0.05, 0) is 30.9 Å². The van der Waals surface area contributed by atoms with Crippen molar-refractivity contribution in [3.8, 4) is 5.75 Å².